The second kappa shape index (κ2) is 4.37. The molecule has 1 aromatic carbocycles. The Bertz CT molecular complexity index is 812. The number of aromatic nitrogens is 3. The topological polar surface area (TPSA) is 68.0 Å². The van der Waals surface area contributed by atoms with Gasteiger partial charge in [0.15, 0.2) is 5.65 Å². The molecule has 0 amide bonds. The van der Waals surface area contributed by atoms with Gasteiger partial charge in [0.1, 0.15) is 5.52 Å². The van der Waals surface area contributed by atoms with E-state index in [1.165, 1.54) is 4.57 Å². The van der Waals surface area contributed by atoms with Crippen LogP contribution in [0.2, 0.25) is 5.02 Å². The minimum atomic E-state index is -0.617. The number of pyridine rings is 1. The highest BCUT2D eigenvalue weighted by Crippen LogP contribution is 2.17. The minimum absolute atomic E-state index is 0.382. The summed E-state index contributed by atoms with van der Waals surface area (Å²) in [6.07, 6.45) is 1.56. The Morgan fingerprint density at radius 1 is 1.16 bits per heavy atom. The van der Waals surface area contributed by atoms with Gasteiger partial charge in [0.25, 0.3) is 5.88 Å². The molecule has 0 spiro atoms. The van der Waals surface area contributed by atoms with Gasteiger partial charge in [0.05, 0.1) is 5.69 Å². The minimum Gasteiger partial charge on any atom is -0.489 e. The van der Waals surface area contributed by atoms with Crippen molar-refractivity contribution in [2.45, 2.75) is 0 Å². The van der Waals surface area contributed by atoms with Crippen LogP contribution in [-0.2, 0) is 0 Å². The third kappa shape index (κ3) is 1.94. The first-order valence-corrected chi connectivity index (χ1v) is 5.87. The highest BCUT2D eigenvalue weighted by atomic mass is 35.5. The van der Waals surface area contributed by atoms with Crippen molar-refractivity contribution in [3.8, 4) is 11.6 Å². The van der Waals surface area contributed by atoms with E-state index in [4.69, 9.17) is 11.6 Å². The number of nitrogens with zero attached hydrogens (tertiary/aromatic N) is 3. The van der Waals surface area contributed by atoms with Gasteiger partial charge < -0.3 is 5.11 Å². The van der Waals surface area contributed by atoms with Crippen LogP contribution < -0.4 is 5.56 Å². The van der Waals surface area contributed by atoms with Crippen LogP contribution in [0.25, 0.3) is 16.9 Å². The Kier molecular flexibility index (Phi) is 2.68. The SMILES string of the molecule is O=c1c(O)nc2cccnc2n1-c1ccc(Cl)cc1. The van der Waals surface area contributed by atoms with E-state index in [1.807, 2.05) is 0 Å². The molecule has 0 aliphatic rings. The molecule has 2 heterocycles. The van der Waals surface area contributed by atoms with E-state index in [9.17, 15) is 9.90 Å². The van der Waals surface area contributed by atoms with Crippen molar-refractivity contribution in [1.82, 2.24) is 14.5 Å². The lowest BCUT2D eigenvalue weighted by molar-refractivity contribution is 0.444. The first-order chi connectivity index (χ1) is 9.16. The second-order valence-electron chi connectivity index (χ2n) is 3.90. The van der Waals surface area contributed by atoms with Crippen LogP contribution in [0.5, 0.6) is 5.88 Å². The van der Waals surface area contributed by atoms with Crippen LogP contribution in [0, 0.1) is 0 Å². The average molecular weight is 274 g/mol. The van der Waals surface area contributed by atoms with Crippen molar-refractivity contribution in [1.29, 1.82) is 0 Å². The zero-order chi connectivity index (χ0) is 13.4. The lowest BCUT2D eigenvalue weighted by Gasteiger charge is -2.09. The fourth-order valence-corrected chi connectivity index (χ4v) is 1.96. The van der Waals surface area contributed by atoms with Crippen LogP contribution in [0.15, 0.2) is 47.4 Å². The molecule has 5 nitrogen and oxygen atoms in total. The van der Waals surface area contributed by atoms with Gasteiger partial charge in [-0.1, -0.05) is 11.6 Å². The molecule has 6 heteroatoms. The zero-order valence-corrected chi connectivity index (χ0v) is 10.4. The van der Waals surface area contributed by atoms with Gasteiger partial charge in [0, 0.05) is 11.2 Å². The predicted molar refractivity (Wildman–Crippen MR) is 71.8 cm³/mol. The summed E-state index contributed by atoms with van der Waals surface area (Å²) >= 11 is 5.82. The molecular weight excluding hydrogens is 266 g/mol. The summed E-state index contributed by atoms with van der Waals surface area (Å²) in [5, 5.41) is 10.2. The van der Waals surface area contributed by atoms with Gasteiger partial charge in [-0.2, -0.15) is 0 Å². The number of fused-ring (bicyclic) bond motifs is 1. The third-order valence-electron chi connectivity index (χ3n) is 2.68. The molecule has 0 saturated carbocycles. The van der Waals surface area contributed by atoms with Gasteiger partial charge in [0.2, 0.25) is 0 Å². The molecule has 3 rings (SSSR count). The Labute approximate surface area is 112 Å². The van der Waals surface area contributed by atoms with E-state index in [2.05, 4.69) is 9.97 Å². The molecule has 0 radical (unpaired) electrons. The molecule has 0 fully saturated rings. The van der Waals surface area contributed by atoms with Crippen molar-refractivity contribution in [3.63, 3.8) is 0 Å². The molecule has 1 N–H and O–H groups in total. The van der Waals surface area contributed by atoms with E-state index < -0.39 is 11.4 Å². The van der Waals surface area contributed by atoms with E-state index >= 15 is 0 Å². The fraction of sp³-hybridized carbons (Fsp3) is 0. The maximum atomic E-state index is 12.0. The van der Waals surface area contributed by atoms with Crippen LogP contribution >= 0.6 is 11.6 Å². The molecule has 19 heavy (non-hydrogen) atoms. The van der Waals surface area contributed by atoms with Crippen molar-refractivity contribution < 1.29 is 5.11 Å². The van der Waals surface area contributed by atoms with Gasteiger partial charge >= 0.3 is 5.56 Å². The summed E-state index contributed by atoms with van der Waals surface area (Å²) in [5.41, 5.74) is 0.770. The van der Waals surface area contributed by atoms with Gasteiger partial charge in [-0.05, 0) is 36.4 Å². The lowest BCUT2D eigenvalue weighted by atomic mass is 10.3. The molecule has 0 atom stereocenters. The maximum absolute atomic E-state index is 12.0. The van der Waals surface area contributed by atoms with Crippen molar-refractivity contribution in [3.05, 3.63) is 58.0 Å². The summed E-state index contributed by atoms with van der Waals surface area (Å²) in [5.74, 6) is -0.560. The van der Waals surface area contributed by atoms with Crippen molar-refractivity contribution in [2.75, 3.05) is 0 Å². The van der Waals surface area contributed by atoms with Crippen LogP contribution in [-0.4, -0.2) is 19.6 Å². The average Bonchev–Trinajstić information content (AvgIpc) is 2.42. The zero-order valence-electron chi connectivity index (χ0n) is 9.62. The summed E-state index contributed by atoms with van der Waals surface area (Å²) in [6, 6.07) is 10.0. The Morgan fingerprint density at radius 2 is 1.89 bits per heavy atom. The molecule has 0 bridgehead atoms. The molecule has 0 aliphatic carbocycles. The molecule has 3 aromatic rings. The first-order valence-electron chi connectivity index (χ1n) is 5.49. The monoisotopic (exact) mass is 273 g/mol. The summed E-state index contributed by atoms with van der Waals surface area (Å²) in [7, 11) is 0. The maximum Gasteiger partial charge on any atom is 0.319 e. The number of aromatic hydroxyl groups is 1. The van der Waals surface area contributed by atoms with Crippen LogP contribution in [0.3, 0.4) is 0 Å². The standard InChI is InChI=1S/C13H8ClN3O2/c14-8-3-5-9(6-4-8)17-11-10(2-1-7-15-11)16-12(18)13(17)19/h1-7H,(H,16,18). The number of benzene rings is 1. The van der Waals surface area contributed by atoms with Gasteiger partial charge in [-0.3, -0.25) is 9.36 Å². The fourth-order valence-electron chi connectivity index (χ4n) is 1.84. The highest BCUT2D eigenvalue weighted by molar-refractivity contribution is 6.30. The number of hydrogen-bond acceptors (Lipinski definition) is 4. The highest BCUT2D eigenvalue weighted by Gasteiger charge is 2.12. The first kappa shape index (κ1) is 11.7. The van der Waals surface area contributed by atoms with Gasteiger partial charge in [-0.25, -0.2) is 9.97 Å². The van der Waals surface area contributed by atoms with Crippen molar-refractivity contribution >= 4 is 22.8 Å². The predicted octanol–water partition coefficient (Wildman–Crippen LogP) is 2.14. The van der Waals surface area contributed by atoms with E-state index in [0.717, 1.165) is 0 Å². The molecular formula is C13H8ClN3O2. The number of rotatable bonds is 1. The van der Waals surface area contributed by atoms with E-state index in [1.54, 1.807) is 42.6 Å². The third-order valence-corrected chi connectivity index (χ3v) is 2.94. The largest absolute Gasteiger partial charge is 0.489 e. The summed E-state index contributed by atoms with van der Waals surface area (Å²) < 4.78 is 1.30. The Hall–Kier alpha value is -2.40. The summed E-state index contributed by atoms with van der Waals surface area (Å²) in [6.45, 7) is 0. The lowest BCUT2D eigenvalue weighted by Crippen LogP contribution is -2.20. The number of halogens is 1. The quantitative estimate of drug-likeness (QED) is 0.737. The molecule has 0 aliphatic heterocycles. The van der Waals surface area contributed by atoms with Gasteiger partial charge in [-0.15, -0.1) is 0 Å². The molecule has 0 saturated heterocycles. The van der Waals surface area contributed by atoms with Crippen LogP contribution in [0.1, 0.15) is 0 Å². The Balaban J connectivity index is 2.42. The van der Waals surface area contributed by atoms with E-state index in [0.29, 0.717) is 21.9 Å². The smallest absolute Gasteiger partial charge is 0.319 e. The molecule has 0 unspecified atom stereocenters. The molecule has 94 valence electrons. The molecule has 2 aromatic heterocycles. The van der Waals surface area contributed by atoms with Crippen LogP contribution in [0.4, 0.5) is 0 Å². The van der Waals surface area contributed by atoms with Crippen molar-refractivity contribution in [2.24, 2.45) is 0 Å². The normalized spacial score (nSPS) is 10.8. The Morgan fingerprint density at radius 3 is 2.63 bits per heavy atom. The number of hydrogen-bond donors (Lipinski definition) is 1. The van der Waals surface area contributed by atoms with E-state index in [-0.39, 0.29) is 0 Å². The summed E-state index contributed by atoms with van der Waals surface area (Å²) in [4.78, 5) is 20.0. The second-order valence-corrected chi connectivity index (χ2v) is 4.33.